The lowest BCUT2D eigenvalue weighted by Gasteiger charge is -2.36. The number of likely N-dealkylation sites (tertiary alicyclic amines) is 1. The van der Waals surface area contributed by atoms with Crippen molar-refractivity contribution >= 4 is 51.2 Å². The van der Waals surface area contributed by atoms with Crippen molar-refractivity contribution in [1.82, 2.24) is 30.8 Å². The first kappa shape index (κ1) is 40.7. The molecule has 3 heterocycles. The zero-order valence-electron chi connectivity index (χ0n) is 33.6. The van der Waals surface area contributed by atoms with E-state index >= 15 is 0 Å². The number of ether oxygens (including phenoxy) is 2. The molecule has 3 aromatic rings. The van der Waals surface area contributed by atoms with Gasteiger partial charge < -0.3 is 40.7 Å². The smallest absolute Gasteiger partial charge is 0.330 e. The molecule has 1 saturated heterocycles. The zero-order chi connectivity index (χ0) is 40.7. The van der Waals surface area contributed by atoms with Crippen LogP contribution in [0.3, 0.4) is 0 Å². The van der Waals surface area contributed by atoms with Gasteiger partial charge in [-0.25, -0.2) is 19.6 Å². The molecule has 0 unspecified atom stereocenters. The first-order valence-corrected chi connectivity index (χ1v) is 20.2. The number of hydrogen-bond donors (Lipinski definition) is 5. The molecule has 0 bridgehead atoms. The Balaban J connectivity index is 1.35. The second-order valence-electron chi connectivity index (χ2n) is 17.1. The van der Waals surface area contributed by atoms with Crippen molar-refractivity contribution in [2.45, 2.75) is 122 Å². The average molecular weight is 790 g/mol. The Labute approximate surface area is 332 Å². The predicted molar refractivity (Wildman–Crippen MR) is 216 cm³/mol. The highest BCUT2D eigenvalue weighted by molar-refractivity contribution is 7.14. The molecule has 0 spiro atoms. The molecule has 56 heavy (non-hydrogen) atoms. The first-order valence-electron chi connectivity index (χ1n) is 19.3. The second kappa shape index (κ2) is 15.5. The lowest BCUT2D eigenvalue weighted by atomic mass is 9.85. The number of benzene rings is 1. The number of carboxylic acids is 1. The average Bonchev–Trinajstić information content (AvgIpc) is 3.46. The lowest BCUT2D eigenvalue weighted by Crippen LogP contribution is -2.61. The van der Waals surface area contributed by atoms with Crippen LogP contribution in [0.1, 0.15) is 85.6 Å². The number of anilines is 1. The van der Waals surface area contributed by atoms with E-state index < -0.39 is 58.9 Å². The Morgan fingerprint density at radius 2 is 1.80 bits per heavy atom. The van der Waals surface area contributed by atoms with Crippen molar-refractivity contribution in [2.75, 3.05) is 19.0 Å². The normalized spacial score (nSPS) is 23.4. The maximum absolute atomic E-state index is 14.7. The molecule has 6 rings (SSSR count). The third-order valence-electron chi connectivity index (χ3n) is 11.2. The van der Waals surface area contributed by atoms with Crippen LogP contribution in [0.25, 0.3) is 22.3 Å². The van der Waals surface area contributed by atoms with Crippen molar-refractivity contribution in [3.8, 4) is 22.9 Å². The number of rotatable bonds is 13. The highest BCUT2D eigenvalue weighted by Gasteiger charge is 2.61. The molecule has 4 amide bonds. The van der Waals surface area contributed by atoms with Crippen molar-refractivity contribution < 1.29 is 33.8 Å². The standard InChI is InChI=1S/C41H55N7O7S/c1-10-24-19-41(24,36(51)52)46-34(49)29-17-25(20-48(29)35(50)33(39(5,6)7)45-37(53)47-40(8)15-11-12-16-40)55-31-18-27(28-21-56-38(44-28)42-22(2)3)43-32-23(4)30(54-9)14-13-26(31)32/h10,13-14,18,21-22,24-25,29,33H,1,11-12,15-17,19-20H2,2-9H3,(H,42,44)(H,46,49)(H,51,52)(H2,45,47,53)/t24-,25-,29+,33-,41-/m1/s1. The largest absolute Gasteiger partial charge is 0.496 e. The van der Waals surface area contributed by atoms with Gasteiger partial charge in [0, 0.05) is 46.3 Å². The number of carbonyl (C=O) groups excluding carboxylic acids is 3. The van der Waals surface area contributed by atoms with Gasteiger partial charge in [-0.15, -0.1) is 17.9 Å². The number of carbonyl (C=O) groups is 4. The van der Waals surface area contributed by atoms with Crippen LogP contribution in [-0.2, 0) is 14.4 Å². The third kappa shape index (κ3) is 8.28. The number of aliphatic carboxylic acids is 1. The van der Waals surface area contributed by atoms with Gasteiger partial charge in [0.2, 0.25) is 11.8 Å². The topological polar surface area (TPSA) is 184 Å². The number of hydrogen-bond acceptors (Lipinski definition) is 10. The summed E-state index contributed by atoms with van der Waals surface area (Å²) < 4.78 is 12.4. The number of methoxy groups -OCH3 is 1. The molecule has 2 saturated carbocycles. The zero-order valence-corrected chi connectivity index (χ0v) is 34.4. The molecule has 1 aliphatic heterocycles. The number of amides is 4. The monoisotopic (exact) mass is 789 g/mol. The van der Waals surface area contributed by atoms with Crippen molar-refractivity contribution in [3.63, 3.8) is 0 Å². The summed E-state index contributed by atoms with van der Waals surface area (Å²) in [6, 6.07) is 3.15. The maximum Gasteiger partial charge on any atom is 0.330 e. The summed E-state index contributed by atoms with van der Waals surface area (Å²) in [5.74, 6) is -1.56. The van der Waals surface area contributed by atoms with Crippen LogP contribution in [0.4, 0.5) is 9.93 Å². The summed E-state index contributed by atoms with van der Waals surface area (Å²) in [6.07, 6.45) is 4.81. The molecule has 15 heteroatoms. The van der Waals surface area contributed by atoms with E-state index in [0.717, 1.165) is 36.4 Å². The van der Waals surface area contributed by atoms with E-state index in [0.29, 0.717) is 33.8 Å². The summed E-state index contributed by atoms with van der Waals surface area (Å²) >= 11 is 1.47. The van der Waals surface area contributed by atoms with E-state index in [2.05, 4.69) is 27.8 Å². The fourth-order valence-corrected chi connectivity index (χ4v) is 8.79. The van der Waals surface area contributed by atoms with Gasteiger partial charge in [0.15, 0.2) is 5.13 Å². The number of fused-ring (bicyclic) bond motifs is 1. The molecule has 5 N–H and O–H groups in total. The molecule has 3 fully saturated rings. The van der Waals surface area contributed by atoms with Crippen LogP contribution >= 0.6 is 11.3 Å². The second-order valence-corrected chi connectivity index (χ2v) is 17.9. The van der Waals surface area contributed by atoms with Gasteiger partial charge >= 0.3 is 12.0 Å². The van der Waals surface area contributed by atoms with Crippen molar-refractivity contribution in [1.29, 1.82) is 0 Å². The number of aromatic nitrogens is 2. The maximum atomic E-state index is 14.7. The fourth-order valence-electron chi connectivity index (χ4n) is 7.94. The summed E-state index contributed by atoms with van der Waals surface area (Å²) in [5.41, 5.74) is 0.0454. The van der Waals surface area contributed by atoms with E-state index in [1.807, 2.05) is 72.0 Å². The summed E-state index contributed by atoms with van der Waals surface area (Å²) in [4.78, 5) is 66.0. The number of aryl methyl sites for hydroxylation is 1. The van der Waals surface area contributed by atoms with E-state index in [1.54, 1.807) is 7.11 Å². The Morgan fingerprint density at radius 1 is 1.09 bits per heavy atom. The number of nitrogens with one attached hydrogen (secondary N) is 4. The van der Waals surface area contributed by atoms with Gasteiger partial charge in [-0.2, -0.15) is 0 Å². The molecule has 5 atom stereocenters. The third-order valence-corrected chi connectivity index (χ3v) is 12.0. The van der Waals surface area contributed by atoms with Crippen LogP contribution in [0.5, 0.6) is 11.5 Å². The quantitative estimate of drug-likeness (QED) is 0.128. The van der Waals surface area contributed by atoms with E-state index in [9.17, 15) is 24.3 Å². The van der Waals surface area contributed by atoms with E-state index in [-0.39, 0.29) is 31.0 Å². The predicted octanol–water partition coefficient (Wildman–Crippen LogP) is 6.04. The minimum Gasteiger partial charge on any atom is -0.496 e. The molecule has 0 radical (unpaired) electrons. The molecule has 14 nitrogen and oxygen atoms in total. The highest BCUT2D eigenvalue weighted by Crippen LogP contribution is 2.45. The van der Waals surface area contributed by atoms with Gasteiger partial charge in [-0.3, -0.25) is 9.59 Å². The molecule has 2 aromatic heterocycles. The molecule has 2 aliphatic carbocycles. The molecule has 302 valence electrons. The van der Waals surface area contributed by atoms with Gasteiger partial charge in [0.25, 0.3) is 0 Å². The number of carboxylic acid groups (broad SMARTS) is 1. The minimum absolute atomic E-state index is 0.00289. The Morgan fingerprint density at radius 3 is 2.41 bits per heavy atom. The fraction of sp³-hybridized carbons (Fsp3) is 0.561. The summed E-state index contributed by atoms with van der Waals surface area (Å²) in [5, 5.41) is 25.6. The molecular weight excluding hydrogens is 735 g/mol. The highest BCUT2D eigenvalue weighted by atomic mass is 32.1. The number of pyridine rings is 1. The summed E-state index contributed by atoms with van der Waals surface area (Å²) in [7, 11) is 1.60. The van der Waals surface area contributed by atoms with Crippen LogP contribution in [0.15, 0.2) is 36.2 Å². The number of nitrogens with zero attached hydrogens (tertiary/aromatic N) is 3. The molecule has 3 aliphatic rings. The van der Waals surface area contributed by atoms with E-state index in [1.165, 1.54) is 22.3 Å². The van der Waals surface area contributed by atoms with Crippen LogP contribution in [0, 0.1) is 18.3 Å². The number of urea groups is 1. The van der Waals surface area contributed by atoms with Gasteiger partial charge in [-0.1, -0.05) is 39.7 Å². The Bertz CT molecular complexity index is 2020. The van der Waals surface area contributed by atoms with Crippen LogP contribution in [0.2, 0.25) is 0 Å². The van der Waals surface area contributed by atoms with Crippen LogP contribution in [-0.4, -0.2) is 92.8 Å². The Kier molecular flexibility index (Phi) is 11.3. The van der Waals surface area contributed by atoms with Gasteiger partial charge in [-0.05, 0) is 64.5 Å². The molecular formula is C41H55N7O7S. The van der Waals surface area contributed by atoms with Gasteiger partial charge in [0.1, 0.15) is 40.9 Å². The van der Waals surface area contributed by atoms with Crippen molar-refractivity contribution in [3.05, 3.63) is 41.8 Å². The first-order chi connectivity index (χ1) is 26.4. The van der Waals surface area contributed by atoms with Gasteiger partial charge in [0.05, 0.1) is 24.9 Å². The Hall–Kier alpha value is -4.92. The van der Waals surface area contributed by atoms with E-state index in [4.69, 9.17) is 19.4 Å². The number of thiazole rings is 1. The molecule has 1 aromatic carbocycles. The SMILES string of the molecule is C=C[C@@H]1C[C@]1(NC(=O)[C@@H]1C[C@@H](Oc2cc(-c3csc(NC(C)C)n3)nc3c(C)c(OC)ccc23)CN1C(=O)[C@@H](NC(=O)NC1(C)CCCC1)C(C)(C)C)C(=O)O. The van der Waals surface area contributed by atoms with Crippen molar-refractivity contribution in [2.24, 2.45) is 11.3 Å². The van der Waals surface area contributed by atoms with Crippen LogP contribution < -0.4 is 30.7 Å². The minimum atomic E-state index is -1.51. The lowest BCUT2D eigenvalue weighted by molar-refractivity contribution is -0.146. The summed E-state index contributed by atoms with van der Waals surface area (Å²) in [6.45, 7) is 17.3.